The molecule has 0 aliphatic carbocycles. The van der Waals surface area contributed by atoms with Gasteiger partial charge < -0.3 is 10.0 Å². The lowest BCUT2D eigenvalue weighted by atomic mass is 10.0. The molecule has 0 saturated carbocycles. The van der Waals surface area contributed by atoms with Gasteiger partial charge in [-0.3, -0.25) is 9.59 Å². The van der Waals surface area contributed by atoms with E-state index in [9.17, 15) is 9.59 Å². The number of aliphatic carboxylic acids is 1. The highest BCUT2D eigenvalue weighted by Gasteiger charge is 2.34. The van der Waals surface area contributed by atoms with Crippen LogP contribution in [-0.4, -0.2) is 35.0 Å². The number of hydrogen-bond donors (Lipinski definition) is 1. The van der Waals surface area contributed by atoms with Crippen molar-refractivity contribution < 1.29 is 14.7 Å². The molecule has 1 heterocycles. The predicted molar refractivity (Wildman–Crippen MR) is 67.2 cm³/mol. The number of likely N-dealkylation sites (tertiary alicyclic amines) is 1. The van der Waals surface area contributed by atoms with Crippen LogP contribution in [-0.2, 0) is 9.59 Å². The van der Waals surface area contributed by atoms with Gasteiger partial charge in [-0.25, -0.2) is 0 Å². The minimum atomic E-state index is -0.877. The highest BCUT2D eigenvalue weighted by atomic mass is 16.4. The van der Waals surface area contributed by atoms with Crippen LogP contribution >= 0.6 is 0 Å². The molecule has 0 spiro atoms. The Hall–Kier alpha value is -1.84. The zero-order chi connectivity index (χ0) is 13.1. The third-order valence-electron chi connectivity index (χ3n) is 3.43. The van der Waals surface area contributed by atoms with Gasteiger partial charge in [-0.2, -0.15) is 0 Å². The SMILES string of the molecule is C[C@H](CN1C[C@H](C(=O)O)CC1=O)c1ccccc1. The van der Waals surface area contributed by atoms with Gasteiger partial charge >= 0.3 is 5.97 Å². The van der Waals surface area contributed by atoms with Gasteiger partial charge in [0.05, 0.1) is 5.92 Å². The maximum atomic E-state index is 11.7. The minimum Gasteiger partial charge on any atom is -0.481 e. The molecule has 96 valence electrons. The first-order valence-electron chi connectivity index (χ1n) is 6.13. The lowest BCUT2D eigenvalue weighted by Crippen LogP contribution is -2.30. The van der Waals surface area contributed by atoms with Crippen molar-refractivity contribution in [1.82, 2.24) is 4.90 Å². The summed E-state index contributed by atoms with van der Waals surface area (Å²) >= 11 is 0. The Labute approximate surface area is 106 Å². The molecule has 1 amide bonds. The van der Waals surface area contributed by atoms with Crippen LogP contribution in [0.4, 0.5) is 0 Å². The molecule has 1 aromatic rings. The van der Waals surface area contributed by atoms with Gasteiger partial charge in [0.1, 0.15) is 0 Å². The van der Waals surface area contributed by atoms with Crippen LogP contribution in [0.3, 0.4) is 0 Å². The van der Waals surface area contributed by atoms with Crippen LogP contribution in [0.15, 0.2) is 30.3 Å². The van der Waals surface area contributed by atoms with Crippen molar-refractivity contribution in [1.29, 1.82) is 0 Å². The average Bonchev–Trinajstić information content (AvgIpc) is 2.72. The summed E-state index contributed by atoms with van der Waals surface area (Å²) in [5.41, 5.74) is 1.17. The number of amides is 1. The molecule has 0 aromatic heterocycles. The summed E-state index contributed by atoms with van der Waals surface area (Å²) in [4.78, 5) is 24.3. The second kappa shape index (κ2) is 5.21. The van der Waals surface area contributed by atoms with Crippen molar-refractivity contribution in [2.45, 2.75) is 19.3 Å². The molecule has 0 radical (unpaired) electrons. The van der Waals surface area contributed by atoms with Gasteiger partial charge in [0.2, 0.25) is 5.91 Å². The van der Waals surface area contributed by atoms with Crippen LogP contribution in [0, 0.1) is 5.92 Å². The van der Waals surface area contributed by atoms with E-state index in [1.807, 2.05) is 30.3 Å². The van der Waals surface area contributed by atoms with E-state index in [1.54, 1.807) is 4.90 Å². The fourth-order valence-electron chi connectivity index (χ4n) is 2.33. The maximum Gasteiger partial charge on any atom is 0.308 e. The Morgan fingerprint density at radius 3 is 2.67 bits per heavy atom. The van der Waals surface area contributed by atoms with E-state index in [0.29, 0.717) is 13.1 Å². The summed E-state index contributed by atoms with van der Waals surface area (Å²) < 4.78 is 0. The number of carbonyl (C=O) groups excluding carboxylic acids is 1. The molecule has 2 rings (SSSR count). The fraction of sp³-hybridized carbons (Fsp3) is 0.429. The average molecular weight is 247 g/mol. The number of carbonyl (C=O) groups is 2. The second-order valence-corrected chi connectivity index (χ2v) is 4.85. The first kappa shape index (κ1) is 12.6. The van der Waals surface area contributed by atoms with E-state index in [1.165, 1.54) is 5.56 Å². The fourth-order valence-corrected chi connectivity index (χ4v) is 2.33. The molecule has 1 N–H and O–H groups in total. The smallest absolute Gasteiger partial charge is 0.308 e. The summed E-state index contributed by atoms with van der Waals surface area (Å²) in [5.74, 6) is -1.24. The molecule has 4 nitrogen and oxygen atoms in total. The highest BCUT2D eigenvalue weighted by molar-refractivity contribution is 5.86. The monoisotopic (exact) mass is 247 g/mol. The van der Waals surface area contributed by atoms with Crippen molar-refractivity contribution >= 4 is 11.9 Å². The molecule has 1 aliphatic heterocycles. The van der Waals surface area contributed by atoms with Gasteiger partial charge in [0, 0.05) is 19.5 Å². The number of benzene rings is 1. The third kappa shape index (κ3) is 2.70. The standard InChI is InChI=1S/C14H17NO3/c1-10(11-5-3-2-4-6-11)8-15-9-12(14(17)18)7-13(15)16/h2-6,10,12H,7-9H2,1H3,(H,17,18)/t10-,12-/m1/s1. The Kier molecular flexibility index (Phi) is 3.65. The number of carboxylic acid groups (broad SMARTS) is 1. The lowest BCUT2D eigenvalue weighted by Gasteiger charge is -2.21. The topological polar surface area (TPSA) is 57.6 Å². The summed E-state index contributed by atoms with van der Waals surface area (Å²) in [6.45, 7) is 2.98. The number of rotatable bonds is 4. The first-order chi connectivity index (χ1) is 8.58. The number of carboxylic acids is 1. The Morgan fingerprint density at radius 1 is 1.44 bits per heavy atom. The van der Waals surface area contributed by atoms with E-state index >= 15 is 0 Å². The van der Waals surface area contributed by atoms with Crippen molar-refractivity contribution in [3.8, 4) is 0 Å². The number of nitrogens with zero attached hydrogens (tertiary/aromatic N) is 1. The molecule has 18 heavy (non-hydrogen) atoms. The number of hydrogen-bond acceptors (Lipinski definition) is 2. The van der Waals surface area contributed by atoms with E-state index < -0.39 is 11.9 Å². The van der Waals surface area contributed by atoms with Crippen molar-refractivity contribution in [2.75, 3.05) is 13.1 Å². The van der Waals surface area contributed by atoms with Crippen molar-refractivity contribution in [2.24, 2.45) is 5.92 Å². The van der Waals surface area contributed by atoms with E-state index in [0.717, 1.165) is 0 Å². The molecule has 2 atom stereocenters. The normalized spacial score (nSPS) is 21.1. The predicted octanol–water partition coefficient (Wildman–Crippen LogP) is 1.72. The molecule has 1 fully saturated rings. The summed E-state index contributed by atoms with van der Waals surface area (Å²) in [5, 5.41) is 8.92. The van der Waals surface area contributed by atoms with Crippen molar-refractivity contribution in [3.63, 3.8) is 0 Å². The van der Waals surface area contributed by atoms with E-state index in [-0.39, 0.29) is 18.2 Å². The lowest BCUT2D eigenvalue weighted by molar-refractivity contribution is -0.141. The maximum absolute atomic E-state index is 11.7. The van der Waals surface area contributed by atoms with Crippen molar-refractivity contribution in [3.05, 3.63) is 35.9 Å². The molecule has 0 bridgehead atoms. The first-order valence-corrected chi connectivity index (χ1v) is 6.13. The zero-order valence-corrected chi connectivity index (χ0v) is 10.4. The molecule has 4 heteroatoms. The third-order valence-corrected chi connectivity index (χ3v) is 3.43. The molecule has 1 saturated heterocycles. The Bertz CT molecular complexity index is 444. The summed E-state index contributed by atoms with van der Waals surface area (Å²) in [7, 11) is 0. The molecular formula is C14H17NO3. The second-order valence-electron chi connectivity index (χ2n) is 4.85. The molecule has 1 aliphatic rings. The minimum absolute atomic E-state index is 0.0508. The Balaban J connectivity index is 1.98. The zero-order valence-electron chi connectivity index (χ0n) is 10.4. The van der Waals surface area contributed by atoms with Crippen LogP contribution in [0.2, 0.25) is 0 Å². The molecule has 1 aromatic carbocycles. The van der Waals surface area contributed by atoms with Gasteiger partial charge in [-0.15, -0.1) is 0 Å². The molecular weight excluding hydrogens is 230 g/mol. The van der Waals surface area contributed by atoms with E-state index in [2.05, 4.69) is 6.92 Å². The van der Waals surface area contributed by atoms with Gasteiger partial charge in [-0.05, 0) is 11.5 Å². The largest absolute Gasteiger partial charge is 0.481 e. The summed E-state index contributed by atoms with van der Waals surface area (Å²) in [6, 6.07) is 9.95. The quantitative estimate of drug-likeness (QED) is 0.881. The van der Waals surface area contributed by atoms with E-state index in [4.69, 9.17) is 5.11 Å². The van der Waals surface area contributed by atoms with Crippen LogP contribution in [0.5, 0.6) is 0 Å². The van der Waals surface area contributed by atoms with Gasteiger partial charge in [0.15, 0.2) is 0 Å². The van der Waals surface area contributed by atoms with Crippen LogP contribution < -0.4 is 0 Å². The highest BCUT2D eigenvalue weighted by Crippen LogP contribution is 2.22. The molecule has 0 unspecified atom stereocenters. The summed E-state index contributed by atoms with van der Waals surface area (Å²) in [6.07, 6.45) is 0.136. The Morgan fingerprint density at radius 2 is 2.11 bits per heavy atom. The van der Waals surface area contributed by atoms with Crippen LogP contribution in [0.1, 0.15) is 24.8 Å². The van der Waals surface area contributed by atoms with Crippen LogP contribution in [0.25, 0.3) is 0 Å². The van der Waals surface area contributed by atoms with Gasteiger partial charge in [0.25, 0.3) is 0 Å². The van der Waals surface area contributed by atoms with Gasteiger partial charge in [-0.1, -0.05) is 37.3 Å².